The number of hydrazine groups is 1. The van der Waals surface area contributed by atoms with Gasteiger partial charge in [-0.3, -0.25) is 24.5 Å². The summed E-state index contributed by atoms with van der Waals surface area (Å²) < 4.78 is 50.9. The predicted octanol–water partition coefficient (Wildman–Crippen LogP) is 6.99. The van der Waals surface area contributed by atoms with E-state index in [0.717, 1.165) is 87.5 Å². The number of aromatic hydroxyl groups is 1. The molecule has 6 aliphatic rings. The van der Waals surface area contributed by atoms with Gasteiger partial charge >= 0.3 is 12.1 Å². The first kappa shape index (κ1) is 52.8. The van der Waals surface area contributed by atoms with Crippen molar-refractivity contribution in [2.45, 2.75) is 108 Å². The van der Waals surface area contributed by atoms with Crippen LogP contribution in [0.4, 0.5) is 19.4 Å². The van der Waals surface area contributed by atoms with E-state index in [9.17, 15) is 19.5 Å². The second-order valence-corrected chi connectivity index (χ2v) is 21.7. The van der Waals surface area contributed by atoms with Crippen LogP contribution in [0.1, 0.15) is 99.6 Å². The fourth-order valence-electron chi connectivity index (χ4n) is 12.9. The molecular formula is C57H68F2N12O7. The number of phenolic OH excluding ortho intramolecular Hbond substituents is 1. The molecule has 5 fully saturated rings. The van der Waals surface area contributed by atoms with Crippen LogP contribution in [-0.2, 0) is 45.5 Å². The second-order valence-electron chi connectivity index (χ2n) is 21.7. The van der Waals surface area contributed by atoms with Crippen molar-refractivity contribution in [3.8, 4) is 23.0 Å². The number of phenols is 1. The molecule has 12 rings (SSSR count). The van der Waals surface area contributed by atoms with E-state index in [1.54, 1.807) is 32.9 Å². The Kier molecular flexibility index (Phi) is 14.8. The van der Waals surface area contributed by atoms with E-state index in [1.165, 1.54) is 19.2 Å². The first-order valence-electron chi connectivity index (χ1n) is 27.4. The highest BCUT2D eigenvalue weighted by atomic mass is 19.1. The van der Waals surface area contributed by atoms with E-state index >= 15 is 8.78 Å². The number of hydrogen-bond donors (Lipinski definition) is 4. The molecule has 0 bridgehead atoms. The lowest BCUT2D eigenvalue weighted by Crippen LogP contribution is -2.43. The number of hydrogen-bond acceptors (Lipinski definition) is 16. The minimum atomic E-state index is -0.624. The number of allylic oxidation sites excluding steroid dienone is 1. The van der Waals surface area contributed by atoms with Crippen molar-refractivity contribution in [1.82, 2.24) is 44.9 Å². The third kappa shape index (κ3) is 10.1. The van der Waals surface area contributed by atoms with Crippen molar-refractivity contribution in [2.75, 3.05) is 64.6 Å². The fraction of sp³-hybridized carbons (Fsp3) is 0.491. The molecule has 412 valence electrons. The number of aryl methyl sites for hydroxylation is 3. The Bertz CT molecular complexity index is 3330. The maximum absolute atomic E-state index is 17.0. The highest BCUT2D eigenvalue weighted by Gasteiger charge is 2.45. The lowest BCUT2D eigenvalue weighted by atomic mass is 9.92. The Morgan fingerprint density at radius 3 is 2.53 bits per heavy atom. The number of likely N-dealkylation sites (tertiary alicyclic amines) is 1. The van der Waals surface area contributed by atoms with Crippen LogP contribution in [0.5, 0.6) is 11.8 Å². The maximum atomic E-state index is 17.0. The number of aromatic nitrogens is 5. The normalized spacial score (nSPS) is 20.7. The number of carbonyl (C=O) groups excluding carboxylic acids is 3. The fourth-order valence-corrected chi connectivity index (χ4v) is 12.9. The van der Waals surface area contributed by atoms with Crippen molar-refractivity contribution >= 4 is 56.3 Å². The number of nitrogens with zero attached hydrogens (tertiary/aromatic N) is 9. The molecule has 6 aromatic rings. The summed E-state index contributed by atoms with van der Waals surface area (Å²) in [7, 11) is 3.22. The minimum absolute atomic E-state index is 0.0143. The number of benzene rings is 3. The van der Waals surface area contributed by atoms with Crippen LogP contribution in [0, 0.1) is 17.6 Å². The Morgan fingerprint density at radius 2 is 1.77 bits per heavy atom. The second kappa shape index (κ2) is 21.9. The summed E-state index contributed by atoms with van der Waals surface area (Å²) in [6.07, 6.45) is 10.7. The summed E-state index contributed by atoms with van der Waals surface area (Å²) in [4.78, 5) is 56.5. The summed E-state index contributed by atoms with van der Waals surface area (Å²) in [6.45, 7) is 8.08. The topological polar surface area (TPSA) is 233 Å². The van der Waals surface area contributed by atoms with Gasteiger partial charge in [-0.1, -0.05) is 25.1 Å². The van der Waals surface area contributed by atoms with Crippen LogP contribution < -0.4 is 26.5 Å². The highest BCUT2D eigenvalue weighted by Crippen LogP contribution is 2.44. The largest absolute Gasteiger partial charge is 0.508 e. The number of amides is 3. The average Bonchev–Trinajstić information content (AvgIpc) is 4.17. The van der Waals surface area contributed by atoms with E-state index in [0.29, 0.717) is 115 Å². The molecule has 6 aliphatic heterocycles. The van der Waals surface area contributed by atoms with Crippen LogP contribution in [0.15, 0.2) is 54.4 Å². The number of carbonyl (C=O) groups is 3. The number of nitrogens with two attached hydrogens (primary N) is 2. The summed E-state index contributed by atoms with van der Waals surface area (Å²) in [5.41, 5.74) is 11.2. The summed E-state index contributed by atoms with van der Waals surface area (Å²) >= 11 is 0. The lowest BCUT2D eigenvalue weighted by molar-refractivity contribution is -0.134. The number of rotatable bonds is 10. The van der Waals surface area contributed by atoms with E-state index in [4.69, 9.17) is 40.7 Å². The predicted molar refractivity (Wildman–Crippen MR) is 289 cm³/mol. The van der Waals surface area contributed by atoms with Crippen molar-refractivity contribution < 1.29 is 42.5 Å². The number of imide groups is 1. The Balaban J connectivity index is 0.000000172. The van der Waals surface area contributed by atoms with Gasteiger partial charge in [-0.05, 0) is 130 Å². The van der Waals surface area contributed by atoms with E-state index in [2.05, 4.69) is 20.2 Å². The molecule has 2 atom stereocenters. The van der Waals surface area contributed by atoms with Gasteiger partial charge in [-0.15, -0.1) is 0 Å². The average molecular weight is 1070 g/mol. The first-order valence-corrected chi connectivity index (χ1v) is 27.4. The van der Waals surface area contributed by atoms with Gasteiger partial charge in [0.1, 0.15) is 35.2 Å². The van der Waals surface area contributed by atoms with E-state index in [1.807, 2.05) is 32.2 Å². The van der Waals surface area contributed by atoms with Crippen LogP contribution in [0.3, 0.4) is 0 Å². The van der Waals surface area contributed by atoms with Gasteiger partial charge in [-0.25, -0.2) is 24.4 Å². The van der Waals surface area contributed by atoms with Crippen molar-refractivity contribution in [2.24, 2.45) is 24.5 Å². The molecular weight excluding hydrogens is 1000 g/mol. The zero-order valence-electron chi connectivity index (χ0n) is 44.5. The standard InChI is InChI=1S/C34H37F2N5O3.C23H31N7O4/c1-2-23-25(35)8-6-20-16-22(42)17-24(27(20)23)30-29(36)31-28-26(37-30)9-7-21-18-43-15-5-14-41(21)32(28)39-33(38-31)44-19-34-10-3-12-40(34)13-4-11-34;1-28-19-11-14(3-4-16(19)21(27-28)17-5-6-20(31)26-22(17)32)12-30(25)13-18(24)15-7-9-29(10-8-15)23(33)34-2/h6,8,16-17,21,42H,2-5,7,9-15,18-19H2,1H3;3-4,11,13,15,17H,5-10,12,24-25H2,1-2H3,(H,26,31,32)/b;18-13-. The monoisotopic (exact) mass is 1070 g/mol. The molecule has 0 radical (unpaired) electrons. The number of piperidine rings is 2. The molecule has 21 heteroatoms. The summed E-state index contributed by atoms with van der Waals surface area (Å²) in [6, 6.07) is 12.2. The zero-order valence-corrected chi connectivity index (χ0v) is 44.5. The van der Waals surface area contributed by atoms with Crippen LogP contribution in [0.25, 0.3) is 43.8 Å². The molecule has 9 heterocycles. The molecule has 78 heavy (non-hydrogen) atoms. The van der Waals surface area contributed by atoms with Crippen LogP contribution in [-0.4, -0.2) is 134 Å². The number of anilines is 1. The van der Waals surface area contributed by atoms with Gasteiger partial charge < -0.3 is 39.9 Å². The maximum Gasteiger partial charge on any atom is 0.409 e. The Morgan fingerprint density at radius 1 is 0.974 bits per heavy atom. The molecule has 0 aliphatic carbocycles. The molecule has 6 N–H and O–H groups in total. The number of halogens is 2. The number of nitrogens with one attached hydrogen (secondary N) is 1. The number of pyridine rings is 1. The quantitative estimate of drug-likeness (QED) is 0.0615. The van der Waals surface area contributed by atoms with Gasteiger partial charge in [0.25, 0.3) is 0 Å². The van der Waals surface area contributed by atoms with Crippen molar-refractivity contribution in [3.63, 3.8) is 0 Å². The third-order valence-corrected chi connectivity index (χ3v) is 16.9. The molecule has 2 unspecified atom stereocenters. The van der Waals surface area contributed by atoms with Crippen LogP contribution in [0.2, 0.25) is 0 Å². The van der Waals surface area contributed by atoms with Crippen molar-refractivity contribution in [3.05, 3.63) is 88.5 Å². The molecule has 0 saturated carbocycles. The highest BCUT2D eigenvalue weighted by molar-refractivity contribution is 6.04. The third-order valence-electron chi connectivity index (χ3n) is 16.9. The Labute approximate surface area is 450 Å². The molecule has 19 nitrogen and oxygen atoms in total. The molecule has 0 spiro atoms. The molecule has 3 aromatic carbocycles. The van der Waals surface area contributed by atoms with Crippen LogP contribution >= 0.6 is 0 Å². The summed E-state index contributed by atoms with van der Waals surface area (Å²) in [5.74, 6) is 5.01. The van der Waals surface area contributed by atoms with Crippen molar-refractivity contribution in [1.29, 1.82) is 0 Å². The van der Waals surface area contributed by atoms with E-state index in [-0.39, 0.29) is 64.2 Å². The Hall–Kier alpha value is -7.23. The number of methoxy groups -OCH3 is 1. The van der Waals surface area contributed by atoms with Gasteiger partial charge in [-0.2, -0.15) is 15.1 Å². The molecule has 3 aromatic heterocycles. The zero-order chi connectivity index (χ0) is 54.4. The molecule has 5 saturated heterocycles. The van der Waals surface area contributed by atoms with Gasteiger partial charge in [0, 0.05) is 68.5 Å². The van der Waals surface area contributed by atoms with E-state index < -0.39 is 11.7 Å². The molecule has 3 amide bonds. The SMILES string of the molecule is CCc1c(F)ccc2cc(O)cc(-c3nc4c5c(nc(OCC67CCCN6CCC7)nc5c3F)N3CCCOCC3CC4)c12.COC(=O)N1CCC(/C(N)=C/N(N)Cc2ccc3c(C4CCC(=O)NC4=O)nn(C)c3c2)CC1. The summed E-state index contributed by atoms with van der Waals surface area (Å²) in [5, 5.41) is 21.9. The number of fused-ring (bicyclic) bond motifs is 5. The minimum Gasteiger partial charge on any atom is -0.508 e. The van der Waals surface area contributed by atoms with Gasteiger partial charge in [0.2, 0.25) is 11.8 Å². The smallest absolute Gasteiger partial charge is 0.409 e. The van der Waals surface area contributed by atoms with Gasteiger partial charge in [0.05, 0.1) is 60.1 Å². The van der Waals surface area contributed by atoms with Gasteiger partial charge in [0.15, 0.2) is 5.82 Å². The lowest BCUT2D eigenvalue weighted by Gasteiger charge is -2.32. The number of ether oxygens (including phenoxy) is 3. The first-order chi connectivity index (χ1) is 37.7.